The first-order valence-corrected chi connectivity index (χ1v) is 22.5. The summed E-state index contributed by atoms with van der Waals surface area (Å²) in [6.45, 7) is 9.02. The average molecular weight is 814 g/mol. The van der Waals surface area contributed by atoms with E-state index in [0.29, 0.717) is 44.1 Å². The molecule has 6 rings (SSSR count). The van der Waals surface area contributed by atoms with Crippen LogP contribution in [-0.2, 0) is 33.6 Å². The number of hydrogen-bond donors (Lipinski definition) is 5. The zero-order valence-corrected chi connectivity index (χ0v) is 36.2. The van der Waals surface area contributed by atoms with Crippen LogP contribution in [0, 0.1) is 29.6 Å². The molecule has 0 aliphatic heterocycles. The molecule has 0 bridgehead atoms. The van der Waals surface area contributed by atoms with Gasteiger partial charge in [-0.2, -0.15) is 0 Å². The molecule has 60 heavy (non-hydrogen) atoms. The van der Waals surface area contributed by atoms with Crippen molar-refractivity contribution < 1.29 is 19.5 Å². The Morgan fingerprint density at radius 1 is 0.733 bits per heavy atom. The first kappa shape index (κ1) is 44.5. The van der Waals surface area contributed by atoms with Crippen LogP contribution >= 0.6 is 0 Å². The molecule has 1 heterocycles. The highest BCUT2D eigenvalue weighted by Crippen LogP contribution is 2.31. The van der Waals surface area contributed by atoms with Gasteiger partial charge >= 0.3 is 0 Å². The number of fused-ring (bicyclic) bond motifs is 2. The number of aliphatic hydroxyl groups excluding tert-OH is 1. The van der Waals surface area contributed by atoms with Crippen LogP contribution in [-0.4, -0.2) is 57.5 Å². The van der Waals surface area contributed by atoms with E-state index in [-0.39, 0.29) is 42.4 Å². The Bertz CT molecular complexity index is 2030. The Morgan fingerprint density at radius 3 is 1.93 bits per heavy atom. The quantitative estimate of drug-likeness (QED) is 0.0505. The summed E-state index contributed by atoms with van der Waals surface area (Å²) in [6, 6.07) is 27.4. The molecule has 4 aromatic carbocycles. The Kier molecular flexibility index (Phi) is 16.3. The first-order valence-electron chi connectivity index (χ1n) is 22.5. The van der Waals surface area contributed by atoms with Crippen LogP contribution in [0.15, 0.2) is 97.5 Å². The molecule has 0 unspecified atom stereocenters. The highest BCUT2D eigenvalue weighted by atomic mass is 16.3. The first-order chi connectivity index (χ1) is 29.1. The molecule has 320 valence electrons. The van der Waals surface area contributed by atoms with Crippen LogP contribution in [0.4, 0.5) is 0 Å². The van der Waals surface area contributed by atoms with Gasteiger partial charge in [0.25, 0.3) is 0 Å². The molecule has 0 spiro atoms. The SMILES string of the molecule is CC[C@H](C)CNC(=O)[C@H](CC(C)C)C[C@H](O)[C@H](CC1CCCCC1)NC(=O)[C@H](Cc1cnc[nH]1)NC(=O)C(Cc1cccc2ccccc12)Cc1cccc2ccccc12. The third-order valence-electron chi connectivity index (χ3n) is 12.8. The topological polar surface area (TPSA) is 136 Å². The number of amides is 3. The normalized spacial score (nSPS) is 16.1. The summed E-state index contributed by atoms with van der Waals surface area (Å²) >= 11 is 0. The molecular weight excluding hydrogens is 747 g/mol. The number of nitrogens with one attached hydrogen (secondary N) is 4. The molecule has 1 aliphatic carbocycles. The summed E-state index contributed by atoms with van der Waals surface area (Å²) in [5, 5.41) is 26.1. The van der Waals surface area contributed by atoms with Crippen molar-refractivity contribution in [1.82, 2.24) is 25.9 Å². The summed E-state index contributed by atoms with van der Waals surface area (Å²) in [4.78, 5) is 50.5. The fraction of sp³-hybridized carbons (Fsp3) is 0.490. The fourth-order valence-corrected chi connectivity index (χ4v) is 9.12. The summed E-state index contributed by atoms with van der Waals surface area (Å²) in [7, 11) is 0. The maximum absolute atomic E-state index is 14.8. The van der Waals surface area contributed by atoms with Gasteiger partial charge in [0.2, 0.25) is 17.7 Å². The Hall–Kier alpha value is -5.02. The number of benzene rings is 4. The lowest BCUT2D eigenvalue weighted by Crippen LogP contribution is -2.55. The smallest absolute Gasteiger partial charge is 0.243 e. The molecule has 1 fully saturated rings. The lowest BCUT2D eigenvalue weighted by Gasteiger charge is -2.33. The molecule has 1 aromatic heterocycles. The van der Waals surface area contributed by atoms with E-state index in [0.717, 1.165) is 70.5 Å². The predicted octanol–water partition coefficient (Wildman–Crippen LogP) is 8.88. The van der Waals surface area contributed by atoms with Crippen LogP contribution in [0.25, 0.3) is 21.5 Å². The fourth-order valence-electron chi connectivity index (χ4n) is 9.12. The number of imidazole rings is 1. The zero-order chi connectivity index (χ0) is 42.4. The van der Waals surface area contributed by atoms with Crippen molar-refractivity contribution >= 4 is 39.3 Å². The molecule has 5 N–H and O–H groups in total. The number of carbonyl (C=O) groups is 3. The van der Waals surface area contributed by atoms with Gasteiger partial charge in [0.1, 0.15) is 6.04 Å². The molecule has 9 nitrogen and oxygen atoms in total. The summed E-state index contributed by atoms with van der Waals surface area (Å²) in [5.41, 5.74) is 2.86. The largest absolute Gasteiger partial charge is 0.391 e. The number of aliphatic hydroxyl groups is 1. The van der Waals surface area contributed by atoms with Crippen LogP contribution in [0.3, 0.4) is 0 Å². The number of hydrogen-bond acceptors (Lipinski definition) is 5. The molecule has 1 aliphatic rings. The molecule has 0 saturated heterocycles. The van der Waals surface area contributed by atoms with Crippen LogP contribution in [0.2, 0.25) is 0 Å². The maximum Gasteiger partial charge on any atom is 0.243 e. The summed E-state index contributed by atoms with van der Waals surface area (Å²) in [6.07, 6.45) is 11.5. The third-order valence-corrected chi connectivity index (χ3v) is 12.8. The molecule has 5 atom stereocenters. The third kappa shape index (κ3) is 12.5. The van der Waals surface area contributed by atoms with Crippen molar-refractivity contribution in [2.45, 2.75) is 123 Å². The van der Waals surface area contributed by atoms with Crippen LogP contribution in [0.5, 0.6) is 0 Å². The van der Waals surface area contributed by atoms with Gasteiger partial charge in [0.05, 0.1) is 18.5 Å². The van der Waals surface area contributed by atoms with Gasteiger partial charge < -0.3 is 26.0 Å². The van der Waals surface area contributed by atoms with E-state index in [4.69, 9.17) is 0 Å². The minimum atomic E-state index is -0.942. The van der Waals surface area contributed by atoms with Crippen molar-refractivity contribution in [1.29, 1.82) is 0 Å². The highest BCUT2D eigenvalue weighted by Gasteiger charge is 2.34. The van der Waals surface area contributed by atoms with Gasteiger partial charge in [-0.05, 0) is 82.5 Å². The van der Waals surface area contributed by atoms with E-state index in [2.05, 4.69) is 102 Å². The van der Waals surface area contributed by atoms with E-state index in [1.165, 1.54) is 6.42 Å². The van der Waals surface area contributed by atoms with E-state index < -0.39 is 24.1 Å². The highest BCUT2D eigenvalue weighted by molar-refractivity contribution is 5.91. The number of aromatic nitrogens is 2. The predicted molar refractivity (Wildman–Crippen MR) is 242 cm³/mol. The minimum absolute atomic E-state index is 0.0430. The second-order valence-corrected chi connectivity index (χ2v) is 18.0. The number of carbonyl (C=O) groups excluding carboxylic acids is 3. The standard InChI is InChI=1S/C51H67N5O4/c1-5-35(4)31-53-49(58)41(25-34(2)3)29-48(57)46(26-36-15-7-6-8-16-36)55-51(60)47(30-43-32-52-33-54-43)56-50(59)42(27-39-21-13-19-37-17-9-11-23-44(37)39)28-40-22-14-20-38-18-10-12-24-45(38)40/h9-14,17-24,32-36,41-42,46-48,57H,5-8,15-16,25-31H2,1-4H3,(H,52,54)(H,53,58)(H,55,60)(H,56,59)/t35-,41+,46-,47-,48-/m0/s1. The summed E-state index contributed by atoms with van der Waals surface area (Å²) < 4.78 is 0. The molecule has 5 aromatic rings. The average Bonchev–Trinajstić information content (AvgIpc) is 3.78. The number of rotatable bonds is 21. The molecule has 1 saturated carbocycles. The van der Waals surface area contributed by atoms with Crippen LogP contribution < -0.4 is 16.0 Å². The van der Waals surface area contributed by atoms with Crippen LogP contribution in [0.1, 0.15) is 102 Å². The van der Waals surface area contributed by atoms with Crippen molar-refractivity contribution in [2.75, 3.05) is 6.54 Å². The van der Waals surface area contributed by atoms with E-state index in [9.17, 15) is 19.5 Å². The number of nitrogens with zero attached hydrogens (tertiary/aromatic N) is 1. The molecule has 0 radical (unpaired) electrons. The Morgan fingerprint density at radius 2 is 1.35 bits per heavy atom. The van der Waals surface area contributed by atoms with Crippen molar-refractivity contribution in [2.24, 2.45) is 29.6 Å². The van der Waals surface area contributed by atoms with E-state index >= 15 is 0 Å². The monoisotopic (exact) mass is 814 g/mol. The van der Waals surface area contributed by atoms with Gasteiger partial charge in [0, 0.05) is 36.7 Å². The van der Waals surface area contributed by atoms with Gasteiger partial charge in [-0.3, -0.25) is 14.4 Å². The Balaban J connectivity index is 1.27. The zero-order valence-electron chi connectivity index (χ0n) is 36.2. The molecular formula is C51H67N5O4. The maximum atomic E-state index is 14.8. The lowest BCUT2D eigenvalue weighted by molar-refractivity contribution is -0.132. The van der Waals surface area contributed by atoms with Gasteiger partial charge in [-0.1, -0.05) is 151 Å². The van der Waals surface area contributed by atoms with Gasteiger partial charge in [-0.15, -0.1) is 0 Å². The molecule has 3 amide bonds. The Labute approximate surface area is 356 Å². The second kappa shape index (κ2) is 22.0. The van der Waals surface area contributed by atoms with Crippen molar-refractivity contribution in [3.63, 3.8) is 0 Å². The van der Waals surface area contributed by atoms with Crippen molar-refractivity contribution in [3.05, 3.63) is 114 Å². The van der Waals surface area contributed by atoms with E-state index in [1.807, 2.05) is 36.4 Å². The van der Waals surface area contributed by atoms with Gasteiger partial charge in [-0.25, -0.2) is 4.98 Å². The minimum Gasteiger partial charge on any atom is -0.391 e. The van der Waals surface area contributed by atoms with Gasteiger partial charge in [0.15, 0.2) is 0 Å². The second-order valence-electron chi connectivity index (χ2n) is 18.0. The number of H-pyrrole nitrogens is 1. The number of aromatic amines is 1. The van der Waals surface area contributed by atoms with E-state index in [1.54, 1.807) is 12.5 Å². The van der Waals surface area contributed by atoms with Crippen molar-refractivity contribution in [3.8, 4) is 0 Å². The summed E-state index contributed by atoms with van der Waals surface area (Å²) in [5.74, 6) is -0.521. The lowest BCUT2D eigenvalue weighted by atomic mass is 9.81. The molecule has 9 heteroatoms.